The summed E-state index contributed by atoms with van der Waals surface area (Å²) in [5.41, 5.74) is 6.89. The molecule has 7 nitrogen and oxygen atoms in total. The Morgan fingerprint density at radius 3 is 2.42 bits per heavy atom. The average molecular weight is 362 g/mol. The van der Waals surface area contributed by atoms with Gasteiger partial charge in [0.05, 0.1) is 29.3 Å². The van der Waals surface area contributed by atoms with Crippen LogP contribution in [-0.2, 0) is 12.6 Å². The lowest BCUT2D eigenvalue weighted by atomic mass is 10.2. The summed E-state index contributed by atoms with van der Waals surface area (Å²) in [7, 11) is 0. The van der Waals surface area contributed by atoms with Crippen LogP contribution in [0.25, 0.3) is 5.69 Å². The number of benzene rings is 1. The van der Waals surface area contributed by atoms with Crippen molar-refractivity contribution >= 4 is 5.84 Å². The Kier molecular flexibility index (Phi) is 4.57. The maximum Gasteiger partial charge on any atom is 0.416 e. The number of amidine groups is 1. The summed E-state index contributed by atoms with van der Waals surface area (Å²) in [6.45, 7) is 0. The molecule has 2 aromatic heterocycles. The van der Waals surface area contributed by atoms with Crippen LogP contribution in [0.15, 0.2) is 54.2 Å². The summed E-state index contributed by atoms with van der Waals surface area (Å²) in [6.07, 6.45) is 2.21. The fourth-order valence-corrected chi connectivity index (χ4v) is 2.23. The SMILES string of the molecule is N/C(=N\O)c1cnc(Cc2cnn(-c3ccc(C(F)(F)F)cc3)c2)cn1. The van der Waals surface area contributed by atoms with Crippen molar-refractivity contribution in [2.24, 2.45) is 10.9 Å². The molecule has 3 rings (SSSR count). The summed E-state index contributed by atoms with van der Waals surface area (Å²) in [5.74, 6) is -0.140. The number of hydrogen-bond donors (Lipinski definition) is 2. The van der Waals surface area contributed by atoms with Crippen molar-refractivity contribution in [3.8, 4) is 5.69 Å². The second kappa shape index (κ2) is 6.82. The molecule has 0 bridgehead atoms. The number of nitrogens with two attached hydrogens (primary N) is 1. The van der Waals surface area contributed by atoms with Crippen LogP contribution in [0.3, 0.4) is 0 Å². The lowest BCUT2D eigenvalue weighted by molar-refractivity contribution is -0.137. The van der Waals surface area contributed by atoms with Gasteiger partial charge in [0.2, 0.25) is 0 Å². The van der Waals surface area contributed by atoms with Crippen LogP contribution in [0.5, 0.6) is 0 Å². The van der Waals surface area contributed by atoms with Gasteiger partial charge in [0.1, 0.15) is 5.69 Å². The molecule has 0 atom stereocenters. The molecule has 1 aromatic carbocycles. The van der Waals surface area contributed by atoms with E-state index in [-0.39, 0.29) is 11.5 Å². The first-order valence-corrected chi connectivity index (χ1v) is 7.37. The lowest BCUT2D eigenvalue weighted by Crippen LogP contribution is -2.15. The molecule has 0 saturated heterocycles. The number of nitrogens with zero attached hydrogens (tertiary/aromatic N) is 5. The van der Waals surface area contributed by atoms with E-state index < -0.39 is 11.7 Å². The first-order valence-electron chi connectivity index (χ1n) is 7.37. The minimum Gasteiger partial charge on any atom is -0.409 e. The Bertz CT molecular complexity index is 916. The smallest absolute Gasteiger partial charge is 0.409 e. The van der Waals surface area contributed by atoms with Crippen LogP contribution < -0.4 is 5.73 Å². The fraction of sp³-hybridized carbons (Fsp3) is 0.125. The van der Waals surface area contributed by atoms with Crippen LogP contribution in [-0.4, -0.2) is 30.8 Å². The van der Waals surface area contributed by atoms with Crippen molar-refractivity contribution < 1.29 is 18.4 Å². The number of alkyl halides is 3. The van der Waals surface area contributed by atoms with E-state index in [0.29, 0.717) is 17.8 Å². The third-order valence-corrected chi connectivity index (χ3v) is 3.56. The number of oxime groups is 1. The van der Waals surface area contributed by atoms with Gasteiger partial charge in [0.25, 0.3) is 0 Å². The van der Waals surface area contributed by atoms with Gasteiger partial charge < -0.3 is 10.9 Å². The van der Waals surface area contributed by atoms with Crippen molar-refractivity contribution in [3.63, 3.8) is 0 Å². The third-order valence-electron chi connectivity index (χ3n) is 3.56. The van der Waals surface area contributed by atoms with E-state index in [9.17, 15) is 13.2 Å². The van der Waals surface area contributed by atoms with E-state index in [1.54, 1.807) is 12.4 Å². The summed E-state index contributed by atoms with van der Waals surface area (Å²) in [6, 6.07) is 4.72. The van der Waals surface area contributed by atoms with Gasteiger partial charge in [-0.3, -0.25) is 4.98 Å². The third kappa shape index (κ3) is 3.79. The Balaban J connectivity index is 1.74. The van der Waals surface area contributed by atoms with Gasteiger partial charge in [-0.25, -0.2) is 9.67 Å². The Morgan fingerprint density at radius 2 is 1.85 bits per heavy atom. The predicted molar refractivity (Wildman–Crippen MR) is 85.9 cm³/mol. The molecule has 0 radical (unpaired) electrons. The minimum absolute atomic E-state index is 0.140. The van der Waals surface area contributed by atoms with Crippen molar-refractivity contribution in [1.82, 2.24) is 19.7 Å². The lowest BCUT2D eigenvalue weighted by Gasteiger charge is -2.07. The highest BCUT2D eigenvalue weighted by atomic mass is 19.4. The second-order valence-electron chi connectivity index (χ2n) is 5.39. The van der Waals surface area contributed by atoms with Gasteiger partial charge in [-0.15, -0.1) is 0 Å². The molecule has 134 valence electrons. The Labute approximate surface area is 145 Å². The molecule has 0 aliphatic carbocycles. The first-order chi connectivity index (χ1) is 12.4. The molecule has 0 spiro atoms. The zero-order valence-electron chi connectivity index (χ0n) is 13.2. The summed E-state index contributed by atoms with van der Waals surface area (Å²) in [5, 5.41) is 15.6. The summed E-state index contributed by atoms with van der Waals surface area (Å²) in [4.78, 5) is 8.20. The molecule has 0 aliphatic rings. The standard InChI is InChI=1S/C16H13F3N6O/c17-16(18,19)11-1-3-13(4-2-11)25-9-10(6-23-25)5-12-7-22-14(8-21-12)15(20)24-26/h1-4,6-9,26H,5H2,(H2,20,24). The van der Waals surface area contributed by atoms with Gasteiger partial charge in [0.15, 0.2) is 5.84 Å². The van der Waals surface area contributed by atoms with Gasteiger partial charge in [-0.1, -0.05) is 5.16 Å². The Hall–Kier alpha value is -3.43. The Morgan fingerprint density at radius 1 is 1.12 bits per heavy atom. The van der Waals surface area contributed by atoms with E-state index in [0.717, 1.165) is 17.7 Å². The number of hydrogen-bond acceptors (Lipinski definition) is 5. The van der Waals surface area contributed by atoms with E-state index in [4.69, 9.17) is 10.9 Å². The highest BCUT2D eigenvalue weighted by molar-refractivity contribution is 5.94. The summed E-state index contributed by atoms with van der Waals surface area (Å²) >= 11 is 0. The molecule has 10 heteroatoms. The molecule has 0 amide bonds. The molecule has 0 saturated carbocycles. The van der Waals surface area contributed by atoms with Crippen LogP contribution in [0, 0.1) is 0 Å². The number of rotatable bonds is 4. The van der Waals surface area contributed by atoms with Crippen LogP contribution in [0.1, 0.15) is 22.5 Å². The molecule has 26 heavy (non-hydrogen) atoms. The van der Waals surface area contributed by atoms with Gasteiger partial charge >= 0.3 is 6.18 Å². The van der Waals surface area contributed by atoms with Crippen LogP contribution in [0.2, 0.25) is 0 Å². The normalized spacial score (nSPS) is 12.3. The molecule has 3 N–H and O–H groups in total. The minimum atomic E-state index is -4.37. The average Bonchev–Trinajstić information content (AvgIpc) is 3.09. The highest BCUT2D eigenvalue weighted by Gasteiger charge is 2.30. The molecule has 0 unspecified atom stereocenters. The van der Waals surface area contributed by atoms with E-state index in [2.05, 4.69) is 20.2 Å². The first kappa shape index (κ1) is 17.4. The van der Waals surface area contributed by atoms with E-state index in [1.165, 1.54) is 29.2 Å². The number of aromatic nitrogens is 4. The predicted octanol–water partition coefficient (Wildman–Crippen LogP) is 2.37. The zero-order chi connectivity index (χ0) is 18.7. The fourth-order valence-electron chi connectivity index (χ4n) is 2.23. The van der Waals surface area contributed by atoms with Gasteiger partial charge in [-0.2, -0.15) is 18.3 Å². The number of halogens is 3. The molecular formula is C16H13F3N6O. The van der Waals surface area contributed by atoms with Crippen molar-refractivity contribution in [3.05, 3.63) is 71.6 Å². The van der Waals surface area contributed by atoms with E-state index in [1.807, 2.05) is 0 Å². The van der Waals surface area contributed by atoms with Crippen molar-refractivity contribution in [1.29, 1.82) is 0 Å². The van der Waals surface area contributed by atoms with E-state index >= 15 is 0 Å². The van der Waals surface area contributed by atoms with Crippen LogP contribution in [0.4, 0.5) is 13.2 Å². The molecule has 0 fully saturated rings. The topological polar surface area (TPSA) is 102 Å². The molecule has 2 heterocycles. The van der Waals surface area contributed by atoms with Crippen LogP contribution >= 0.6 is 0 Å². The monoisotopic (exact) mass is 362 g/mol. The molecule has 0 aliphatic heterocycles. The van der Waals surface area contributed by atoms with Gasteiger partial charge in [0, 0.05) is 18.8 Å². The van der Waals surface area contributed by atoms with Crippen molar-refractivity contribution in [2.45, 2.75) is 12.6 Å². The quantitative estimate of drug-likeness (QED) is 0.321. The molecule has 3 aromatic rings. The van der Waals surface area contributed by atoms with Gasteiger partial charge in [-0.05, 0) is 29.8 Å². The molecular weight excluding hydrogens is 349 g/mol. The maximum absolute atomic E-state index is 12.6. The highest BCUT2D eigenvalue weighted by Crippen LogP contribution is 2.29. The summed E-state index contributed by atoms with van der Waals surface area (Å²) < 4.78 is 39.3. The maximum atomic E-state index is 12.6. The second-order valence-corrected chi connectivity index (χ2v) is 5.39. The van der Waals surface area contributed by atoms with Crippen molar-refractivity contribution in [2.75, 3.05) is 0 Å². The zero-order valence-corrected chi connectivity index (χ0v) is 13.2. The largest absolute Gasteiger partial charge is 0.416 e.